The summed E-state index contributed by atoms with van der Waals surface area (Å²) >= 11 is 0. The molecule has 4 nitrogen and oxygen atoms in total. The van der Waals surface area contributed by atoms with Crippen LogP contribution in [0.15, 0.2) is 53.8 Å². The van der Waals surface area contributed by atoms with Gasteiger partial charge in [-0.25, -0.2) is 4.98 Å². The van der Waals surface area contributed by atoms with Crippen LogP contribution >= 0.6 is 0 Å². The lowest BCUT2D eigenvalue weighted by Crippen LogP contribution is -1.92. The highest BCUT2D eigenvalue weighted by molar-refractivity contribution is 5.80. The molecule has 0 bridgehead atoms. The second-order valence-electron chi connectivity index (χ2n) is 3.36. The molecule has 0 saturated carbocycles. The van der Waals surface area contributed by atoms with E-state index in [1.807, 2.05) is 42.5 Å². The van der Waals surface area contributed by atoms with Crippen LogP contribution in [-0.4, -0.2) is 18.3 Å². The fraction of sp³-hybridized carbons (Fsp3) is 0.0769. The van der Waals surface area contributed by atoms with Gasteiger partial charge in [-0.2, -0.15) is 5.10 Å². The lowest BCUT2D eigenvalue weighted by Gasteiger charge is -1.99. The van der Waals surface area contributed by atoms with Crippen LogP contribution in [0.5, 0.6) is 5.75 Å². The summed E-state index contributed by atoms with van der Waals surface area (Å²) in [5.41, 5.74) is 3.84. The van der Waals surface area contributed by atoms with E-state index in [0.717, 1.165) is 17.1 Å². The third-order valence-corrected chi connectivity index (χ3v) is 2.17. The molecule has 0 spiro atoms. The summed E-state index contributed by atoms with van der Waals surface area (Å²) in [7, 11) is 1.64. The number of rotatable bonds is 4. The molecule has 0 radical (unpaired) electrons. The van der Waals surface area contributed by atoms with Gasteiger partial charge in [0.2, 0.25) is 0 Å². The van der Waals surface area contributed by atoms with Crippen LogP contribution in [-0.2, 0) is 0 Å². The van der Waals surface area contributed by atoms with Crippen molar-refractivity contribution in [2.45, 2.75) is 0 Å². The summed E-state index contributed by atoms with van der Waals surface area (Å²) in [6, 6.07) is 13.3. The molecule has 0 unspecified atom stereocenters. The Kier molecular flexibility index (Phi) is 3.70. The molecule has 0 aliphatic carbocycles. The number of hydrogen-bond acceptors (Lipinski definition) is 4. The van der Waals surface area contributed by atoms with E-state index < -0.39 is 0 Å². The smallest absolute Gasteiger partial charge is 0.146 e. The van der Waals surface area contributed by atoms with Crippen LogP contribution in [0.25, 0.3) is 0 Å². The van der Waals surface area contributed by atoms with Crippen LogP contribution in [0.4, 0.5) is 5.82 Å². The number of nitrogens with one attached hydrogen (secondary N) is 1. The Morgan fingerprint density at radius 1 is 1.18 bits per heavy atom. The monoisotopic (exact) mass is 227 g/mol. The maximum absolute atomic E-state index is 5.07. The minimum absolute atomic E-state index is 0.720. The van der Waals surface area contributed by atoms with Gasteiger partial charge in [0, 0.05) is 6.20 Å². The lowest BCUT2D eigenvalue weighted by molar-refractivity contribution is 0.415. The summed E-state index contributed by atoms with van der Waals surface area (Å²) in [6.07, 6.45) is 3.44. The molecule has 0 amide bonds. The number of methoxy groups -OCH3 is 1. The Morgan fingerprint density at radius 3 is 2.65 bits per heavy atom. The molecule has 86 valence electrons. The largest absolute Gasteiger partial charge is 0.497 e. The third kappa shape index (κ3) is 3.31. The zero-order valence-electron chi connectivity index (χ0n) is 9.50. The quantitative estimate of drug-likeness (QED) is 0.645. The highest BCUT2D eigenvalue weighted by atomic mass is 16.5. The van der Waals surface area contributed by atoms with Crippen molar-refractivity contribution in [1.82, 2.24) is 4.98 Å². The summed E-state index contributed by atoms with van der Waals surface area (Å²) in [4.78, 5) is 4.09. The minimum Gasteiger partial charge on any atom is -0.497 e. The number of ether oxygens (including phenoxy) is 1. The summed E-state index contributed by atoms with van der Waals surface area (Å²) in [5, 5.41) is 4.09. The van der Waals surface area contributed by atoms with Crippen LogP contribution in [0.3, 0.4) is 0 Å². The maximum Gasteiger partial charge on any atom is 0.146 e. The average Bonchev–Trinajstić information content (AvgIpc) is 2.41. The summed E-state index contributed by atoms with van der Waals surface area (Å²) in [5.74, 6) is 1.55. The second-order valence-corrected chi connectivity index (χ2v) is 3.36. The van der Waals surface area contributed by atoms with Crippen molar-refractivity contribution < 1.29 is 4.74 Å². The standard InChI is InChI=1S/C13H13N3O/c1-17-12-7-5-11(6-8-12)10-15-16-13-4-2-3-9-14-13/h2-10H,1H3,(H,14,16)/b15-10-. The van der Waals surface area contributed by atoms with E-state index in [0.29, 0.717) is 0 Å². The second kappa shape index (κ2) is 5.65. The topological polar surface area (TPSA) is 46.5 Å². The van der Waals surface area contributed by atoms with Gasteiger partial charge >= 0.3 is 0 Å². The molecule has 4 heteroatoms. The number of hydrazone groups is 1. The summed E-state index contributed by atoms with van der Waals surface area (Å²) < 4.78 is 5.07. The van der Waals surface area contributed by atoms with Gasteiger partial charge in [0.15, 0.2) is 0 Å². The molecule has 0 fully saturated rings. The highest BCUT2D eigenvalue weighted by Crippen LogP contribution is 2.09. The molecule has 2 rings (SSSR count). The number of anilines is 1. The Bertz CT molecular complexity index is 480. The van der Waals surface area contributed by atoms with Gasteiger partial charge in [-0.1, -0.05) is 6.07 Å². The van der Waals surface area contributed by atoms with Crippen LogP contribution in [0.1, 0.15) is 5.56 Å². The van der Waals surface area contributed by atoms with E-state index in [2.05, 4.69) is 15.5 Å². The lowest BCUT2D eigenvalue weighted by atomic mass is 10.2. The fourth-order valence-electron chi connectivity index (χ4n) is 1.29. The number of pyridine rings is 1. The van der Waals surface area contributed by atoms with E-state index in [1.54, 1.807) is 19.5 Å². The number of nitrogens with zero attached hydrogens (tertiary/aromatic N) is 2. The highest BCUT2D eigenvalue weighted by Gasteiger charge is 1.91. The first-order chi connectivity index (χ1) is 8.38. The van der Waals surface area contributed by atoms with Gasteiger partial charge in [-0.15, -0.1) is 0 Å². The van der Waals surface area contributed by atoms with Crippen LogP contribution in [0.2, 0.25) is 0 Å². The van der Waals surface area contributed by atoms with Gasteiger partial charge in [-0.05, 0) is 42.0 Å². The Labute approximate surface area is 100.0 Å². The molecular weight excluding hydrogens is 214 g/mol. The van der Waals surface area contributed by atoms with Gasteiger partial charge in [0.25, 0.3) is 0 Å². The van der Waals surface area contributed by atoms with E-state index in [-0.39, 0.29) is 0 Å². The van der Waals surface area contributed by atoms with Crippen molar-refractivity contribution in [2.75, 3.05) is 12.5 Å². The van der Waals surface area contributed by atoms with Crippen molar-refractivity contribution in [3.8, 4) is 5.75 Å². The molecule has 1 heterocycles. The first-order valence-corrected chi connectivity index (χ1v) is 5.22. The molecule has 1 aromatic carbocycles. The average molecular weight is 227 g/mol. The number of hydrogen-bond donors (Lipinski definition) is 1. The first-order valence-electron chi connectivity index (χ1n) is 5.22. The molecule has 2 aromatic rings. The minimum atomic E-state index is 0.720. The van der Waals surface area contributed by atoms with E-state index >= 15 is 0 Å². The maximum atomic E-state index is 5.07. The Hall–Kier alpha value is -2.36. The molecule has 1 aromatic heterocycles. The first kappa shape index (κ1) is 11.1. The molecule has 1 N–H and O–H groups in total. The fourth-order valence-corrected chi connectivity index (χ4v) is 1.29. The van der Waals surface area contributed by atoms with Crippen LogP contribution in [0, 0.1) is 0 Å². The van der Waals surface area contributed by atoms with Crippen molar-refractivity contribution >= 4 is 12.0 Å². The predicted molar refractivity (Wildman–Crippen MR) is 68.4 cm³/mol. The van der Waals surface area contributed by atoms with E-state index in [1.165, 1.54) is 0 Å². The normalized spacial score (nSPS) is 10.4. The van der Waals surface area contributed by atoms with Crippen molar-refractivity contribution in [3.05, 3.63) is 54.2 Å². The van der Waals surface area contributed by atoms with Gasteiger partial charge in [-0.3, -0.25) is 5.43 Å². The van der Waals surface area contributed by atoms with Crippen LogP contribution < -0.4 is 10.2 Å². The van der Waals surface area contributed by atoms with Gasteiger partial charge in [0.05, 0.1) is 13.3 Å². The molecule has 0 saturated heterocycles. The molecule has 0 aliphatic heterocycles. The number of aromatic nitrogens is 1. The van der Waals surface area contributed by atoms with Crippen molar-refractivity contribution in [1.29, 1.82) is 0 Å². The molecule has 0 aliphatic rings. The summed E-state index contributed by atoms with van der Waals surface area (Å²) in [6.45, 7) is 0. The van der Waals surface area contributed by atoms with E-state index in [4.69, 9.17) is 4.74 Å². The number of benzene rings is 1. The molecule has 17 heavy (non-hydrogen) atoms. The SMILES string of the molecule is COc1ccc(/C=N\Nc2ccccn2)cc1. The zero-order chi connectivity index (χ0) is 11.9. The Morgan fingerprint density at radius 2 is 2.00 bits per heavy atom. The van der Waals surface area contributed by atoms with E-state index in [9.17, 15) is 0 Å². The third-order valence-electron chi connectivity index (χ3n) is 2.17. The molecule has 0 atom stereocenters. The van der Waals surface area contributed by atoms with Gasteiger partial charge in [0.1, 0.15) is 11.6 Å². The molecular formula is C13H13N3O. The predicted octanol–water partition coefficient (Wildman–Crippen LogP) is 2.54. The van der Waals surface area contributed by atoms with Crippen molar-refractivity contribution in [3.63, 3.8) is 0 Å². The Balaban J connectivity index is 1.96. The van der Waals surface area contributed by atoms with Gasteiger partial charge < -0.3 is 4.74 Å². The van der Waals surface area contributed by atoms with Crippen molar-refractivity contribution in [2.24, 2.45) is 5.10 Å². The zero-order valence-corrected chi connectivity index (χ0v) is 9.50.